The number of nitrogens with zero attached hydrogens (tertiary/aromatic N) is 7. The van der Waals surface area contributed by atoms with Crippen LogP contribution in [0, 0.1) is 0 Å². The van der Waals surface area contributed by atoms with Crippen molar-refractivity contribution in [1.29, 1.82) is 0 Å². The summed E-state index contributed by atoms with van der Waals surface area (Å²) in [4.78, 5) is 10.5. The number of hydrogen-bond donors (Lipinski definition) is 0. The highest BCUT2D eigenvalue weighted by atomic mass is 32.2. The summed E-state index contributed by atoms with van der Waals surface area (Å²) >= 11 is 0. The third-order valence-electron chi connectivity index (χ3n) is 3.76. The van der Waals surface area contributed by atoms with E-state index < -0.39 is 10.0 Å². The van der Waals surface area contributed by atoms with E-state index in [0.29, 0.717) is 49.6 Å². The summed E-state index contributed by atoms with van der Waals surface area (Å²) < 4.78 is 27.4. The minimum atomic E-state index is -3.14. The monoisotopic (exact) mass is 325 g/mol. The molecule has 0 atom stereocenters. The third-order valence-corrected chi connectivity index (χ3v) is 5.84. The molecule has 0 aromatic carbocycles. The molecule has 0 bridgehead atoms. The normalized spacial score (nSPS) is 17.3. The Balaban J connectivity index is 1.79. The first kappa shape index (κ1) is 15.1. The van der Waals surface area contributed by atoms with Crippen LogP contribution in [0.15, 0.2) is 6.33 Å². The lowest BCUT2D eigenvalue weighted by Crippen LogP contribution is -2.49. The highest BCUT2D eigenvalue weighted by Gasteiger charge is 2.28. The van der Waals surface area contributed by atoms with Crippen molar-refractivity contribution in [1.82, 2.24) is 29.3 Å². The zero-order chi connectivity index (χ0) is 15.7. The standard InChI is InChI=1S/C12H19N7O2S/c1-3-8-22(20,21)19-6-4-18(5-7-19)12-10-11(13-9-14-12)17(2)16-15-10/h9H,3-8H2,1-2H3. The molecule has 3 rings (SSSR count). The lowest BCUT2D eigenvalue weighted by molar-refractivity contribution is 0.384. The highest BCUT2D eigenvalue weighted by molar-refractivity contribution is 7.89. The second-order valence-electron chi connectivity index (χ2n) is 5.28. The second kappa shape index (κ2) is 5.76. The summed E-state index contributed by atoms with van der Waals surface area (Å²) in [5.74, 6) is 0.917. The van der Waals surface area contributed by atoms with Gasteiger partial charge in [0.05, 0.1) is 5.75 Å². The van der Waals surface area contributed by atoms with E-state index in [1.807, 2.05) is 11.8 Å². The van der Waals surface area contributed by atoms with Crippen molar-refractivity contribution in [3.8, 4) is 0 Å². The van der Waals surface area contributed by atoms with Crippen LogP contribution in [-0.4, -0.2) is 69.6 Å². The van der Waals surface area contributed by atoms with Gasteiger partial charge in [-0.2, -0.15) is 4.31 Å². The SMILES string of the molecule is CCCS(=O)(=O)N1CCN(c2ncnc3c2nnn3C)CC1. The van der Waals surface area contributed by atoms with E-state index in [9.17, 15) is 8.42 Å². The average Bonchev–Trinajstić information content (AvgIpc) is 2.89. The molecule has 0 N–H and O–H groups in total. The van der Waals surface area contributed by atoms with Crippen LogP contribution in [0.5, 0.6) is 0 Å². The molecule has 0 spiro atoms. The smallest absolute Gasteiger partial charge is 0.214 e. The number of fused-ring (bicyclic) bond motifs is 1. The molecule has 0 saturated carbocycles. The first-order valence-corrected chi connectivity index (χ1v) is 8.87. The van der Waals surface area contributed by atoms with Crippen LogP contribution in [0.1, 0.15) is 13.3 Å². The molecular weight excluding hydrogens is 306 g/mol. The van der Waals surface area contributed by atoms with Gasteiger partial charge in [-0.15, -0.1) is 5.10 Å². The Morgan fingerprint density at radius 1 is 1.18 bits per heavy atom. The number of sulfonamides is 1. The number of piperazine rings is 1. The number of anilines is 1. The molecule has 3 heterocycles. The molecule has 2 aromatic rings. The molecule has 0 amide bonds. The summed E-state index contributed by atoms with van der Waals surface area (Å²) in [6.45, 7) is 3.99. The number of rotatable bonds is 4. The topological polar surface area (TPSA) is 97.1 Å². The Hall–Kier alpha value is -1.81. The van der Waals surface area contributed by atoms with Crippen LogP contribution in [0.4, 0.5) is 5.82 Å². The maximum atomic E-state index is 12.1. The molecule has 0 unspecified atom stereocenters. The van der Waals surface area contributed by atoms with Crippen molar-refractivity contribution in [2.45, 2.75) is 13.3 Å². The molecule has 1 aliphatic heterocycles. The fourth-order valence-electron chi connectivity index (χ4n) is 2.64. The van der Waals surface area contributed by atoms with Gasteiger partial charge in [-0.25, -0.2) is 23.1 Å². The van der Waals surface area contributed by atoms with Crippen molar-refractivity contribution in [2.24, 2.45) is 7.05 Å². The van der Waals surface area contributed by atoms with Crippen LogP contribution in [0.25, 0.3) is 11.2 Å². The maximum absolute atomic E-state index is 12.1. The van der Waals surface area contributed by atoms with E-state index in [4.69, 9.17) is 0 Å². The molecular formula is C12H19N7O2S. The summed E-state index contributed by atoms with van der Waals surface area (Å²) in [7, 11) is -1.36. The Labute approximate surface area is 129 Å². The molecule has 0 aliphatic carbocycles. The van der Waals surface area contributed by atoms with E-state index in [1.54, 1.807) is 16.0 Å². The van der Waals surface area contributed by atoms with E-state index in [1.165, 1.54) is 6.33 Å². The van der Waals surface area contributed by atoms with Crippen molar-refractivity contribution < 1.29 is 8.42 Å². The van der Waals surface area contributed by atoms with Crippen molar-refractivity contribution in [2.75, 3.05) is 36.8 Å². The molecule has 120 valence electrons. The lowest BCUT2D eigenvalue weighted by atomic mass is 10.3. The molecule has 1 aliphatic rings. The van der Waals surface area contributed by atoms with Crippen LogP contribution in [0.3, 0.4) is 0 Å². The van der Waals surface area contributed by atoms with Gasteiger partial charge in [-0.1, -0.05) is 12.1 Å². The van der Waals surface area contributed by atoms with Crippen molar-refractivity contribution >= 4 is 27.0 Å². The predicted molar refractivity (Wildman–Crippen MR) is 82.0 cm³/mol. The van der Waals surface area contributed by atoms with Gasteiger partial charge in [0.25, 0.3) is 0 Å². The average molecular weight is 325 g/mol. The Kier molecular flexibility index (Phi) is 3.96. The van der Waals surface area contributed by atoms with E-state index in [0.717, 1.165) is 0 Å². The maximum Gasteiger partial charge on any atom is 0.214 e. The summed E-state index contributed by atoms with van der Waals surface area (Å²) in [5.41, 5.74) is 1.32. The van der Waals surface area contributed by atoms with Crippen LogP contribution >= 0.6 is 0 Å². The third kappa shape index (κ3) is 2.63. The van der Waals surface area contributed by atoms with Crippen molar-refractivity contribution in [3.63, 3.8) is 0 Å². The van der Waals surface area contributed by atoms with E-state index in [2.05, 4.69) is 20.3 Å². The van der Waals surface area contributed by atoms with E-state index >= 15 is 0 Å². The molecule has 2 aromatic heterocycles. The van der Waals surface area contributed by atoms with Gasteiger partial charge < -0.3 is 4.90 Å². The highest BCUT2D eigenvalue weighted by Crippen LogP contribution is 2.22. The van der Waals surface area contributed by atoms with E-state index in [-0.39, 0.29) is 5.75 Å². The minimum absolute atomic E-state index is 0.203. The minimum Gasteiger partial charge on any atom is -0.352 e. The van der Waals surface area contributed by atoms with Gasteiger partial charge >= 0.3 is 0 Å². The molecule has 1 fully saturated rings. The molecule has 10 heteroatoms. The van der Waals surface area contributed by atoms with Gasteiger partial charge in [-0.05, 0) is 6.42 Å². The number of hydrogen-bond acceptors (Lipinski definition) is 7. The zero-order valence-corrected chi connectivity index (χ0v) is 13.5. The first-order chi connectivity index (χ1) is 10.5. The second-order valence-corrected chi connectivity index (χ2v) is 7.37. The summed E-state index contributed by atoms with van der Waals surface area (Å²) in [6, 6.07) is 0. The van der Waals surface area contributed by atoms with Crippen molar-refractivity contribution in [3.05, 3.63) is 6.33 Å². The fraction of sp³-hybridized carbons (Fsp3) is 0.667. The molecule has 1 saturated heterocycles. The van der Waals surface area contributed by atoms with Crippen LogP contribution in [0.2, 0.25) is 0 Å². The molecule has 22 heavy (non-hydrogen) atoms. The number of aryl methyl sites for hydroxylation is 1. The quantitative estimate of drug-likeness (QED) is 0.756. The van der Waals surface area contributed by atoms with Gasteiger partial charge in [0, 0.05) is 33.2 Å². The van der Waals surface area contributed by atoms with Gasteiger partial charge in [-0.3, -0.25) is 0 Å². The van der Waals surface area contributed by atoms with Crippen LogP contribution in [-0.2, 0) is 17.1 Å². The predicted octanol–water partition coefficient (Wildman–Crippen LogP) is -0.380. The fourth-order valence-corrected chi connectivity index (χ4v) is 4.13. The van der Waals surface area contributed by atoms with Gasteiger partial charge in [0.1, 0.15) is 6.33 Å². The molecule has 0 radical (unpaired) electrons. The molecule has 9 nitrogen and oxygen atoms in total. The van der Waals surface area contributed by atoms with Gasteiger partial charge in [0.2, 0.25) is 10.0 Å². The van der Waals surface area contributed by atoms with Crippen LogP contribution < -0.4 is 4.90 Å². The Morgan fingerprint density at radius 2 is 1.91 bits per heavy atom. The largest absolute Gasteiger partial charge is 0.352 e. The zero-order valence-electron chi connectivity index (χ0n) is 12.7. The summed E-state index contributed by atoms with van der Waals surface area (Å²) in [5, 5.41) is 8.07. The first-order valence-electron chi connectivity index (χ1n) is 7.26. The van der Waals surface area contributed by atoms with Gasteiger partial charge in [0.15, 0.2) is 17.0 Å². The Morgan fingerprint density at radius 3 is 2.59 bits per heavy atom. The lowest BCUT2D eigenvalue weighted by Gasteiger charge is -2.34. The Bertz CT molecular complexity index is 765. The number of aromatic nitrogens is 5. The summed E-state index contributed by atoms with van der Waals surface area (Å²) in [6.07, 6.45) is 2.12.